The van der Waals surface area contributed by atoms with E-state index in [1.54, 1.807) is 18.5 Å². The van der Waals surface area contributed by atoms with Crippen molar-refractivity contribution in [2.75, 3.05) is 12.3 Å². The lowest BCUT2D eigenvalue weighted by molar-refractivity contribution is 0.585. The second-order valence-electron chi connectivity index (χ2n) is 3.23. The van der Waals surface area contributed by atoms with Gasteiger partial charge in [-0.3, -0.25) is 4.98 Å². The van der Waals surface area contributed by atoms with E-state index in [4.69, 9.17) is 5.73 Å². The van der Waals surface area contributed by atoms with Crippen molar-refractivity contribution in [1.29, 1.82) is 0 Å². The second kappa shape index (κ2) is 5.88. The SMILES string of the molecule is NC(=S)CS(=O)(=O)NCCc1cccnc1. The summed E-state index contributed by atoms with van der Waals surface area (Å²) in [5.41, 5.74) is 6.14. The van der Waals surface area contributed by atoms with Crippen LogP contribution in [0.4, 0.5) is 0 Å². The quantitative estimate of drug-likeness (QED) is 0.693. The third-order valence-electron chi connectivity index (χ3n) is 1.79. The lowest BCUT2D eigenvalue weighted by Gasteiger charge is -2.05. The number of nitrogens with two attached hydrogens (primary N) is 1. The van der Waals surface area contributed by atoms with Gasteiger partial charge in [-0.15, -0.1) is 0 Å². The molecule has 0 saturated carbocycles. The van der Waals surface area contributed by atoms with Crippen molar-refractivity contribution < 1.29 is 8.42 Å². The summed E-state index contributed by atoms with van der Waals surface area (Å²) in [6.07, 6.45) is 3.95. The molecule has 1 heterocycles. The number of nitrogens with one attached hydrogen (secondary N) is 1. The molecule has 0 aliphatic heterocycles. The molecule has 0 aliphatic rings. The standard InChI is InChI=1S/C9H13N3O2S2/c10-9(15)7-16(13,14)12-5-3-8-2-1-4-11-6-8/h1-2,4,6,12H,3,5,7H2,(H2,10,15). The van der Waals surface area contributed by atoms with Gasteiger partial charge in [0.25, 0.3) is 0 Å². The molecule has 1 aromatic rings. The Kier molecular flexibility index (Phi) is 4.78. The van der Waals surface area contributed by atoms with Crippen LogP contribution >= 0.6 is 12.2 Å². The third-order valence-corrected chi connectivity index (χ3v) is 3.45. The number of nitrogens with zero attached hydrogens (tertiary/aromatic N) is 1. The van der Waals surface area contributed by atoms with Crippen LogP contribution in [0.15, 0.2) is 24.5 Å². The average Bonchev–Trinajstić information content (AvgIpc) is 2.16. The van der Waals surface area contributed by atoms with Crippen molar-refractivity contribution in [3.05, 3.63) is 30.1 Å². The van der Waals surface area contributed by atoms with E-state index in [-0.39, 0.29) is 10.7 Å². The summed E-state index contributed by atoms with van der Waals surface area (Å²) >= 11 is 4.54. The van der Waals surface area contributed by atoms with Crippen molar-refractivity contribution in [1.82, 2.24) is 9.71 Å². The smallest absolute Gasteiger partial charge is 0.218 e. The van der Waals surface area contributed by atoms with Gasteiger partial charge < -0.3 is 5.73 Å². The van der Waals surface area contributed by atoms with E-state index < -0.39 is 10.0 Å². The number of hydrogen-bond donors (Lipinski definition) is 2. The van der Waals surface area contributed by atoms with E-state index in [2.05, 4.69) is 21.9 Å². The minimum atomic E-state index is -3.39. The van der Waals surface area contributed by atoms with Crippen molar-refractivity contribution in [3.63, 3.8) is 0 Å². The molecule has 88 valence electrons. The summed E-state index contributed by atoms with van der Waals surface area (Å²) < 4.78 is 25.1. The minimum Gasteiger partial charge on any atom is -0.392 e. The Morgan fingerprint density at radius 1 is 1.56 bits per heavy atom. The second-order valence-corrected chi connectivity index (χ2v) is 5.56. The molecule has 1 aromatic heterocycles. The summed E-state index contributed by atoms with van der Waals surface area (Å²) in [5, 5.41) is 0. The molecule has 0 saturated heterocycles. The van der Waals surface area contributed by atoms with Crippen molar-refractivity contribution >= 4 is 27.2 Å². The van der Waals surface area contributed by atoms with E-state index in [0.29, 0.717) is 13.0 Å². The molecular weight excluding hydrogens is 246 g/mol. The summed E-state index contributed by atoms with van der Waals surface area (Å²) in [7, 11) is -3.39. The van der Waals surface area contributed by atoms with Crippen LogP contribution in [0, 0.1) is 0 Å². The molecule has 1 rings (SSSR count). The Morgan fingerprint density at radius 3 is 2.88 bits per heavy atom. The molecule has 5 nitrogen and oxygen atoms in total. The van der Waals surface area contributed by atoms with Gasteiger partial charge in [0.2, 0.25) is 10.0 Å². The fourth-order valence-electron chi connectivity index (χ4n) is 1.14. The van der Waals surface area contributed by atoms with Gasteiger partial charge in [-0.25, -0.2) is 13.1 Å². The number of hydrogen-bond acceptors (Lipinski definition) is 4. The van der Waals surface area contributed by atoms with Crippen LogP contribution in [-0.2, 0) is 16.4 Å². The molecule has 0 amide bonds. The molecule has 0 bridgehead atoms. The molecule has 16 heavy (non-hydrogen) atoms. The molecular formula is C9H13N3O2S2. The number of aromatic nitrogens is 1. The molecule has 0 unspecified atom stereocenters. The molecule has 0 aliphatic carbocycles. The van der Waals surface area contributed by atoms with Gasteiger partial charge in [0.05, 0.1) is 4.99 Å². The first-order valence-corrected chi connectivity index (χ1v) is 6.70. The van der Waals surface area contributed by atoms with Crippen molar-refractivity contribution in [3.8, 4) is 0 Å². The summed E-state index contributed by atoms with van der Waals surface area (Å²) in [6, 6.07) is 3.69. The molecule has 0 atom stereocenters. The van der Waals surface area contributed by atoms with E-state index in [1.165, 1.54) is 0 Å². The van der Waals surface area contributed by atoms with Crippen LogP contribution < -0.4 is 10.5 Å². The zero-order chi connectivity index (χ0) is 12.0. The first-order valence-electron chi connectivity index (χ1n) is 4.64. The summed E-state index contributed by atoms with van der Waals surface area (Å²) in [4.78, 5) is 3.90. The van der Waals surface area contributed by atoms with Gasteiger partial charge in [0.15, 0.2) is 0 Å². The largest absolute Gasteiger partial charge is 0.392 e. The van der Waals surface area contributed by atoms with Crippen molar-refractivity contribution in [2.45, 2.75) is 6.42 Å². The number of thiocarbonyl (C=S) groups is 1. The van der Waals surface area contributed by atoms with Crippen LogP contribution in [0.1, 0.15) is 5.56 Å². The van der Waals surface area contributed by atoms with E-state index >= 15 is 0 Å². The Morgan fingerprint density at radius 2 is 2.31 bits per heavy atom. The molecule has 0 spiro atoms. The normalized spacial score (nSPS) is 11.2. The zero-order valence-electron chi connectivity index (χ0n) is 8.59. The zero-order valence-corrected chi connectivity index (χ0v) is 10.2. The average molecular weight is 259 g/mol. The Hall–Kier alpha value is -1.05. The first kappa shape index (κ1) is 13.0. The van der Waals surface area contributed by atoms with Crippen molar-refractivity contribution in [2.24, 2.45) is 5.73 Å². The van der Waals surface area contributed by atoms with Gasteiger partial charge in [0, 0.05) is 18.9 Å². The fourth-order valence-corrected chi connectivity index (χ4v) is 2.49. The van der Waals surface area contributed by atoms with E-state index in [0.717, 1.165) is 5.56 Å². The highest BCUT2D eigenvalue weighted by molar-refractivity contribution is 7.92. The van der Waals surface area contributed by atoms with Crippen LogP contribution in [0.5, 0.6) is 0 Å². The van der Waals surface area contributed by atoms with Gasteiger partial charge in [0.1, 0.15) is 5.75 Å². The molecule has 3 N–H and O–H groups in total. The lowest BCUT2D eigenvalue weighted by Crippen LogP contribution is -2.33. The Bertz CT molecular complexity index is 445. The molecule has 0 aromatic carbocycles. The Balaban J connectivity index is 2.39. The topological polar surface area (TPSA) is 85.1 Å². The lowest BCUT2D eigenvalue weighted by atomic mass is 10.2. The van der Waals surface area contributed by atoms with Gasteiger partial charge in [-0.1, -0.05) is 18.3 Å². The fraction of sp³-hybridized carbons (Fsp3) is 0.333. The number of pyridine rings is 1. The minimum absolute atomic E-state index is 0.0334. The highest BCUT2D eigenvalue weighted by Crippen LogP contribution is 1.96. The summed E-state index contributed by atoms with van der Waals surface area (Å²) in [6.45, 7) is 0.316. The van der Waals surface area contributed by atoms with Gasteiger partial charge in [-0.2, -0.15) is 0 Å². The monoisotopic (exact) mass is 259 g/mol. The highest BCUT2D eigenvalue weighted by Gasteiger charge is 2.10. The van der Waals surface area contributed by atoms with Gasteiger partial charge in [-0.05, 0) is 18.1 Å². The van der Waals surface area contributed by atoms with Crippen LogP contribution in [-0.4, -0.2) is 30.7 Å². The van der Waals surface area contributed by atoms with Crippen LogP contribution in [0.25, 0.3) is 0 Å². The molecule has 0 radical (unpaired) electrons. The first-order chi connectivity index (χ1) is 7.49. The molecule has 7 heteroatoms. The predicted molar refractivity (Wildman–Crippen MR) is 66.5 cm³/mol. The van der Waals surface area contributed by atoms with Gasteiger partial charge >= 0.3 is 0 Å². The number of sulfonamides is 1. The predicted octanol–water partition coefficient (Wildman–Crippen LogP) is -0.170. The summed E-state index contributed by atoms with van der Waals surface area (Å²) in [5.74, 6) is -0.310. The maximum absolute atomic E-state index is 11.3. The Labute approximate surface area is 100 Å². The molecule has 0 fully saturated rings. The van der Waals surface area contributed by atoms with E-state index in [9.17, 15) is 8.42 Å². The maximum atomic E-state index is 11.3. The number of rotatable bonds is 6. The highest BCUT2D eigenvalue weighted by atomic mass is 32.2. The van der Waals surface area contributed by atoms with Crippen LogP contribution in [0.2, 0.25) is 0 Å². The van der Waals surface area contributed by atoms with Crippen LogP contribution in [0.3, 0.4) is 0 Å². The maximum Gasteiger partial charge on any atom is 0.218 e. The van der Waals surface area contributed by atoms with E-state index in [1.807, 2.05) is 6.07 Å². The third kappa shape index (κ3) is 5.15.